The summed E-state index contributed by atoms with van der Waals surface area (Å²) in [6, 6.07) is 3.39. The fourth-order valence-corrected chi connectivity index (χ4v) is 2.72. The first-order valence-corrected chi connectivity index (χ1v) is 6.09. The maximum Gasteiger partial charge on any atom is 0.224 e. The molecule has 3 atom stereocenters. The first-order valence-electron chi connectivity index (χ1n) is 6.09. The Balaban J connectivity index is 1.59. The molecule has 1 aliphatic carbocycles. The van der Waals surface area contributed by atoms with Gasteiger partial charge in [0, 0.05) is 24.7 Å². The molecule has 0 radical (unpaired) electrons. The van der Waals surface area contributed by atoms with Crippen molar-refractivity contribution < 1.29 is 13.6 Å². The lowest BCUT2D eigenvalue weighted by Crippen LogP contribution is -2.33. The number of hydrogen-bond donors (Lipinski definition) is 2. The molecule has 2 N–H and O–H groups in total. The number of piperidine rings is 1. The van der Waals surface area contributed by atoms with Crippen LogP contribution >= 0.6 is 0 Å². The van der Waals surface area contributed by atoms with Crippen LogP contribution in [-0.4, -0.2) is 25.0 Å². The van der Waals surface area contributed by atoms with Gasteiger partial charge in [0.05, 0.1) is 6.42 Å². The molecule has 1 heterocycles. The zero-order valence-corrected chi connectivity index (χ0v) is 9.75. The first-order chi connectivity index (χ1) is 8.65. The molecular formula is C13H14F2N2O. The number of fused-ring (bicyclic) bond motifs is 1. The van der Waals surface area contributed by atoms with E-state index < -0.39 is 11.6 Å². The molecule has 1 aromatic carbocycles. The summed E-state index contributed by atoms with van der Waals surface area (Å²) in [5.41, 5.74) is 0.108. The van der Waals surface area contributed by atoms with E-state index >= 15 is 0 Å². The Hall–Kier alpha value is -1.49. The molecule has 1 aliphatic heterocycles. The predicted octanol–water partition coefficient (Wildman–Crippen LogP) is 0.841. The molecule has 5 heteroatoms. The average Bonchev–Trinajstić information content (AvgIpc) is 2.76. The molecule has 3 rings (SSSR count). The fourth-order valence-electron chi connectivity index (χ4n) is 2.72. The van der Waals surface area contributed by atoms with Gasteiger partial charge in [0.15, 0.2) is 0 Å². The Kier molecular flexibility index (Phi) is 2.78. The standard InChI is InChI=1S/C13H14F2N2O/c14-8-1-2-11(15)7(3-8)4-12(18)17-13-9-5-16-6-10(9)13/h1-3,9-10,13,16H,4-6H2,(H,17,18)/t9-,10+,13?. The van der Waals surface area contributed by atoms with Gasteiger partial charge < -0.3 is 10.6 Å². The third kappa shape index (κ3) is 2.10. The maximum atomic E-state index is 13.4. The largest absolute Gasteiger partial charge is 0.352 e. The van der Waals surface area contributed by atoms with Gasteiger partial charge in [-0.3, -0.25) is 4.79 Å². The van der Waals surface area contributed by atoms with Gasteiger partial charge in [-0.2, -0.15) is 0 Å². The van der Waals surface area contributed by atoms with Crippen molar-refractivity contribution in [2.75, 3.05) is 13.1 Å². The van der Waals surface area contributed by atoms with Crippen LogP contribution in [0.3, 0.4) is 0 Å². The summed E-state index contributed by atoms with van der Waals surface area (Å²) < 4.78 is 26.3. The van der Waals surface area contributed by atoms with Crippen molar-refractivity contribution >= 4 is 5.91 Å². The highest BCUT2D eigenvalue weighted by atomic mass is 19.1. The molecule has 3 nitrogen and oxygen atoms in total. The zero-order valence-electron chi connectivity index (χ0n) is 9.75. The summed E-state index contributed by atoms with van der Waals surface area (Å²) in [7, 11) is 0. The van der Waals surface area contributed by atoms with Crippen LogP contribution in [-0.2, 0) is 11.2 Å². The Morgan fingerprint density at radius 1 is 1.33 bits per heavy atom. The van der Waals surface area contributed by atoms with Crippen LogP contribution in [0.1, 0.15) is 5.56 Å². The van der Waals surface area contributed by atoms with Crippen LogP contribution in [0, 0.1) is 23.5 Å². The molecule has 0 aromatic heterocycles. The Morgan fingerprint density at radius 3 is 2.78 bits per heavy atom. The molecule has 2 fully saturated rings. The SMILES string of the molecule is O=C(Cc1cc(F)ccc1F)NC1[C@H]2CNC[C@@H]12. The molecular weight excluding hydrogens is 238 g/mol. The minimum Gasteiger partial charge on any atom is -0.352 e. The maximum absolute atomic E-state index is 13.4. The Labute approximate surface area is 104 Å². The van der Waals surface area contributed by atoms with Crippen molar-refractivity contribution in [2.45, 2.75) is 12.5 Å². The number of amides is 1. The van der Waals surface area contributed by atoms with Gasteiger partial charge in [0.1, 0.15) is 11.6 Å². The van der Waals surface area contributed by atoms with Gasteiger partial charge in [0.2, 0.25) is 5.91 Å². The van der Waals surface area contributed by atoms with E-state index in [1.807, 2.05) is 0 Å². The second-order valence-corrected chi connectivity index (χ2v) is 4.99. The van der Waals surface area contributed by atoms with E-state index in [-0.39, 0.29) is 23.9 Å². The zero-order chi connectivity index (χ0) is 12.7. The van der Waals surface area contributed by atoms with Crippen LogP contribution in [0.25, 0.3) is 0 Å². The van der Waals surface area contributed by atoms with Crippen molar-refractivity contribution in [3.05, 3.63) is 35.4 Å². The van der Waals surface area contributed by atoms with Gasteiger partial charge in [-0.25, -0.2) is 8.78 Å². The molecule has 96 valence electrons. The third-order valence-corrected chi connectivity index (χ3v) is 3.78. The molecule has 2 aliphatic rings. The van der Waals surface area contributed by atoms with Crippen molar-refractivity contribution in [2.24, 2.45) is 11.8 Å². The van der Waals surface area contributed by atoms with Gasteiger partial charge in [-0.15, -0.1) is 0 Å². The van der Waals surface area contributed by atoms with E-state index in [9.17, 15) is 13.6 Å². The molecule has 0 spiro atoms. The molecule has 1 aromatic rings. The van der Waals surface area contributed by atoms with Crippen molar-refractivity contribution in [1.29, 1.82) is 0 Å². The van der Waals surface area contributed by atoms with Crippen LogP contribution < -0.4 is 10.6 Å². The average molecular weight is 252 g/mol. The summed E-state index contributed by atoms with van der Waals surface area (Å²) in [4.78, 5) is 11.7. The van der Waals surface area contributed by atoms with E-state index in [1.54, 1.807) is 0 Å². The van der Waals surface area contributed by atoms with Crippen LogP contribution in [0.4, 0.5) is 8.78 Å². The van der Waals surface area contributed by atoms with E-state index in [0.717, 1.165) is 31.3 Å². The molecule has 1 saturated carbocycles. The summed E-state index contributed by atoms with van der Waals surface area (Å²) in [6.07, 6.45) is -0.104. The monoisotopic (exact) mass is 252 g/mol. The van der Waals surface area contributed by atoms with Crippen LogP contribution in [0.2, 0.25) is 0 Å². The third-order valence-electron chi connectivity index (χ3n) is 3.78. The first kappa shape index (κ1) is 11.6. The van der Waals surface area contributed by atoms with Crippen LogP contribution in [0.15, 0.2) is 18.2 Å². The number of carbonyl (C=O) groups is 1. The number of nitrogens with one attached hydrogen (secondary N) is 2. The number of rotatable bonds is 3. The van der Waals surface area contributed by atoms with Crippen molar-refractivity contribution in [3.8, 4) is 0 Å². The fraction of sp³-hybridized carbons (Fsp3) is 0.462. The van der Waals surface area contributed by atoms with Gasteiger partial charge >= 0.3 is 0 Å². The second-order valence-electron chi connectivity index (χ2n) is 4.99. The number of carbonyl (C=O) groups excluding carboxylic acids is 1. The van der Waals surface area contributed by atoms with Gasteiger partial charge in [-0.05, 0) is 30.0 Å². The van der Waals surface area contributed by atoms with Gasteiger partial charge in [-0.1, -0.05) is 0 Å². The smallest absolute Gasteiger partial charge is 0.224 e. The van der Waals surface area contributed by atoms with Crippen molar-refractivity contribution in [3.63, 3.8) is 0 Å². The van der Waals surface area contributed by atoms with E-state index in [0.29, 0.717) is 11.8 Å². The van der Waals surface area contributed by atoms with Crippen molar-refractivity contribution in [1.82, 2.24) is 10.6 Å². The topological polar surface area (TPSA) is 41.1 Å². The summed E-state index contributed by atoms with van der Waals surface area (Å²) in [5, 5.41) is 6.11. The summed E-state index contributed by atoms with van der Waals surface area (Å²) in [6.45, 7) is 1.87. The lowest BCUT2D eigenvalue weighted by Gasteiger charge is -2.08. The minimum atomic E-state index is -0.538. The highest BCUT2D eigenvalue weighted by Gasteiger charge is 2.53. The molecule has 1 saturated heterocycles. The normalized spacial score (nSPS) is 28.9. The van der Waals surface area contributed by atoms with Gasteiger partial charge in [0.25, 0.3) is 0 Å². The number of benzene rings is 1. The molecule has 1 unspecified atom stereocenters. The minimum absolute atomic E-state index is 0.104. The summed E-state index contributed by atoms with van der Waals surface area (Å²) >= 11 is 0. The van der Waals surface area contributed by atoms with Crippen LogP contribution in [0.5, 0.6) is 0 Å². The lowest BCUT2D eigenvalue weighted by atomic mass is 10.1. The lowest BCUT2D eigenvalue weighted by molar-refractivity contribution is -0.120. The molecule has 0 bridgehead atoms. The van der Waals surface area contributed by atoms with E-state index in [1.165, 1.54) is 0 Å². The number of halogens is 2. The highest BCUT2D eigenvalue weighted by Crippen LogP contribution is 2.41. The number of hydrogen-bond acceptors (Lipinski definition) is 2. The highest BCUT2D eigenvalue weighted by molar-refractivity contribution is 5.79. The predicted molar refractivity (Wildman–Crippen MR) is 61.8 cm³/mol. The molecule has 18 heavy (non-hydrogen) atoms. The van der Waals surface area contributed by atoms with E-state index in [4.69, 9.17) is 0 Å². The summed E-state index contributed by atoms with van der Waals surface area (Å²) in [5.74, 6) is -0.257. The Bertz CT molecular complexity index is 482. The molecule has 1 amide bonds. The second kappa shape index (κ2) is 4.31. The quantitative estimate of drug-likeness (QED) is 0.837. The van der Waals surface area contributed by atoms with E-state index in [2.05, 4.69) is 10.6 Å². The Morgan fingerprint density at radius 2 is 2.06 bits per heavy atom.